The maximum Gasteiger partial charge on any atom is 0.168 e. The van der Waals surface area contributed by atoms with Crippen LogP contribution in [0.3, 0.4) is 0 Å². The van der Waals surface area contributed by atoms with Crippen molar-refractivity contribution in [2.75, 3.05) is 0 Å². The van der Waals surface area contributed by atoms with Gasteiger partial charge in [0.1, 0.15) is 9.83 Å². The Morgan fingerprint density at radius 3 is 2.77 bits per heavy atom. The van der Waals surface area contributed by atoms with Gasteiger partial charge < -0.3 is 14.6 Å². The molecule has 0 aliphatic heterocycles. The van der Waals surface area contributed by atoms with Gasteiger partial charge in [0.05, 0.1) is 5.39 Å². The molecule has 5 heteroatoms. The van der Waals surface area contributed by atoms with E-state index in [9.17, 15) is 14.6 Å². The topological polar surface area (TPSA) is 53.6 Å². The first-order chi connectivity index (χ1) is 6.11. The van der Waals surface area contributed by atoms with E-state index < -0.39 is 11.6 Å². The monoisotopic (exact) mass is 294 g/mol. The van der Waals surface area contributed by atoms with Crippen LogP contribution in [0.5, 0.6) is 11.5 Å². The number of aromatic hydroxyl groups is 2. The lowest BCUT2D eigenvalue weighted by molar-refractivity contribution is 0.428. The number of hydrogen-bond acceptors (Lipinski definition) is 3. The third-order valence-corrected chi connectivity index (χ3v) is 2.71. The van der Waals surface area contributed by atoms with E-state index in [2.05, 4.69) is 0 Å². The summed E-state index contributed by atoms with van der Waals surface area (Å²) in [6.45, 7) is 0. The summed E-state index contributed by atoms with van der Waals surface area (Å²) < 4.78 is 18.1. The van der Waals surface area contributed by atoms with Gasteiger partial charge in [0.15, 0.2) is 22.9 Å². The third-order valence-electron chi connectivity index (χ3n) is 1.71. The highest BCUT2D eigenvalue weighted by atomic mass is 127. The van der Waals surface area contributed by atoms with Crippen molar-refractivity contribution in [2.45, 2.75) is 0 Å². The third kappa shape index (κ3) is 1.14. The minimum atomic E-state index is -0.770. The summed E-state index contributed by atoms with van der Waals surface area (Å²) in [6.07, 6.45) is 1.10. The summed E-state index contributed by atoms with van der Waals surface area (Å²) in [5.41, 5.74) is 0.289. The fourth-order valence-electron chi connectivity index (χ4n) is 1.07. The van der Waals surface area contributed by atoms with Crippen LogP contribution in [0.25, 0.3) is 11.0 Å². The van der Waals surface area contributed by atoms with Gasteiger partial charge in [-0.2, -0.15) is 0 Å². The van der Waals surface area contributed by atoms with Crippen LogP contribution in [0.1, 0.15) is 0 Å². The van der Waals surface area contributed by atoms with Crippen molar-refractivity contribution in [3.05, 3.63) is 21.7 Å². The molecule has 0 unspecified atom stereocenters. The van der Waals surface area contributed by atoms with Crippen LogP contribution in [0, 0.1) is 9.39 Å². The Kier molecular flexibility index (Phi) is 1.83. The highest BCUT2D eigenvalue weighted by molar-refractivity contribution is 14.1. The molecular weight excluding hydrogens is 290 g/mol. The summed E-state index contributed by atoms with van der Waals surface area (Å²) in [5.74, 6) is -1.36. The normalized spacial score (nSPS) is 10.9. The van der Waals surface area contributed by atoms with Gasteiger partial charge in [-0.3, -0.25) is 0 Å². The molecule has 0 saturated heterocycles. The van der Waals surface area contributed by atoms with Crippen LogP contribution in [0.4, 0.5) is 4.39 Å². The largest absolute Gasteiger partial charge is 0.504 e. The Hall–Kier alpha value is -0.980. The molecule has 1 aromatic heterocycles. The zero-order valence-electron chi connectivity index (χ0n) is 6.21. The number of phenols is 1. The quantitative estimate of drug-likeness (QED) is 0.734. The second kappa shape index (κ2) is 2.76. The molecule has 0 saturated carbocycles. The molecule has 3 nitrogen and oxygen atoms in total. The minimum Gasteiger partial charge on any atom is -0.504 e. The van der Waals surface area contributed by atoms with E-state index in [1.165, 1.54) is 0 Å². The summed E-state index contributed by atoms with van der Waals surface area (Å²) >= 11 is 1.75. The number of rotatable bonds is 0. The van der Waals surface area contributed by atoms with Crippen LogP contribution in [-0.4, -0.2) is 10.2 Å². The molecule has 13 heavy (non-hydrogen) atoms. The molecule has 0 fully saturated rings. The van der Waals surface area contributed by atoms with Crippen LogP contribution in [0.15, 0.2) is 16.7 Å². The SMILES string of the molecule is Oc1c(F)cc2c(O)coc2c1I. The summed E-state index contributed by atoms with van der Waals surface area (Å²) in [5, 5.41) is 18.7. The van der Waals surface area contributed by atoms with Gasteiger partial charge in [-0.1, -0.05) is 0 Å². The molecule has 2 rings (SSSR count). The van der Waals surface area contributed by atoms with Crippen molar-refractivity contribution < 1.29 is 19.0 Å². The van der Waals surface area contributed by atoms with Crippen LogP contribution in [0.2, 0.25) is 0 Å². The van der Waals surface area contributed by atoms with E-state index >= 15 is 0 Å². The van der Waals surface area contributed by atoms with Crippen molar-refractivity contribution in [1.29, 1.82) is 0 Å². The van der Waals surface area contributed by atoms with E-state index in [1.807, 2.05) is 0 Å². The number of furan rings is 1. The van der Waals surface area contributed by atoms with Gasteiger partial charge >= 0.3 is 0 Å². The van der Waals surface area contributed by atoms with Crippen molar-refractivity contribution in [2.24, 2.45) is 0 Å². The molecule has 1 heterocycles. The molecule has 2 N–H and O–H groups in total. The Bertz CT molecular complexity index is 478. The zero-order chi connectivity index (χ0) is 9.59. The number of hydrogen-bond donors (Lipinski definition) is 2. The van der Waals surface area contributed by atoms with Crippen LogP contribution >= 0.6 is 22.6 Å². The van der Waals surface area contributed by atoms with Gasteiger partial charge in [-0.15, -0.1) is 0 Å². The zero-order valence-corrected chi connectivity index (χ0v) is 8.37. The molecule has 0 spiro atoms. The predicted molar refractivity (Wildman–Crippen MR) is 52.2 cm³/mol. The van der Waals surface area contributed by atoms with Crippen molar-refractivity contribution in [3.63, 3.8) is 0 Å². The summed E-state index contributed by atoms with van der Waals surface area (Å²) in [4.78, 5) is 0. The van der Waals surface area contributed by atoms with E-state index in [0.29, 0.717) is 0 Å². The maximum atomic E-state index is 13.0. The predicted octanol–water partition coefficient (Wildman–Crippen LogP) is 2.59. The van der Waals surface area contributed by atoms with Gasteiger partial charge in [0.2, 0.25) is 0 Å². The Morgan fingerprint density at radius 1 is 1.38 bits per heavy atom. The minimum absolute atomic E-state index is 0.133. The molecule has 68 valence electrons. The Balaban J connectivity index is 2.96. The highest BCUT2D eigenvalue weighted by Gasteiger charge is 2.15. The van der Waals surface area contributed by atoms with Gasteiger partial charge in [-0.05, 0) is 28.7 Å². The molecule has 0 radical (unpaired) electrons. The van der Waals surface area contributed by atoms with Crippen molar-refractivity contribution in [1.82, 2.24) is 0 Å². The highest BCUT2D eigenvalue weighted by Crippen LogP contribution is 2.36. The number of phenolic OH excluding ortho intramolecular Hbond substituents is 1. The van der Waals surface area contributed by atoms with Crippen LogP contribution in [-0.2, 0) is 0 Å². The molecule has 0 aliphatic carbocycles. The van der Waals surface area contributed by atoms with E-state index in [4.69, 9.17) is 4.42 Å². The van der Waals surface area contributed by atoms with E-state index in [-0.39, 0.29) is 20.3 Å². The Labute approximate surface area is 85.9 Å². The van der Waals surface area contributed by atoms with Gasteiger partial charge in [0, 0.05) is 0 Å². The molecule has 0 aliphatic rings. The number of benzene rings is 1. The molecule has 0 bridgehead atoms. The second-order valence-electron chi connectivity index (χ2n) is 2.52. The Morgan fingerprint density at radius 2 is 2.08 bits per heavy atom. The van der Waals surface area contributed by atoms with E-state index in [0.717, 1.165) is 12.3 Å². The van der Waals surface area contributed by atoms with Crippen molar-refractivity contribution in [3.8, 4) is 11.5 Å². The average molecular weight is 294 g/mol. The molecular formula is C8H4FIO3. The second-order valence-corrected chi connectivity index (χ2v) is 3.60. The fourth-order valence-corrected chi connectivity index (χ4v) is 1.75. The number of halogens is 2. The summed E-state index contributed by atoms with van der Waals surface area (Å²) in [6, 6.07) is 1.03. The molecule has 0 amide bonds. The first kappa shape index (κ1) is 8.61. The standard InChI is InChI=1S/C8H4FIO3/c9-4-1-3-5(11)2-13-8(3)6(10)7(4)12/h1-2,11-12H. The smallest absolute Gasteiger partial charge is 0.168 e. The molecule has 2 aromatic rings. The van der Waals surface area contributed by atoms with Gasteiger partial charge in [0.25, 0.3) is 0 Å². The fraction of sp³-hybridized carbons (Fsp3) is 0. The average Bonchev–Trinajstić information content (AvgIpc) is 2.45. The lowest BCUT2D eigenvalue weighted by atomic mass is 10.2. The van der Waals surface area contributed by atoms with Crippen molar-refractivity contribution >= 4 is 33.6 Å². The molecule has 1 aromatic carbocycles. The van der Waals surface area contributed by atoms with Crippen LogP contribution < -0.4 is 0 Å². The first-order valence-corrected chi connectivity index (χ1v) is 4.46. The van der Waals surface area contributed by atoms with E-state index in [1.54, 1.807) is 22.6 Å². The lowest BCUT2D eigenvalue weighted by Crippen LogP contribution is -1.81. The summed E-state index contributed by atoms with van der Waals surface area (Å²) in [7, 11) is 0. The first-order valence-electron chi connectivity index (χ1n) is 3.38. The van der Waals surface area contributed by atoms with Gasteiger partial charge in [-0.25, -0.2) is 4.39 Å². The molecule has 0 atom stereocenters. The number of fused-ring (bicyclic) bond motifs is 1. The maximum absolute atomic E-state index is 13.0. The lowest BCUT2D eigenvalue weighted by Gasteiger charge is -1.98.